The maximum absolute atomic E-state index is 12.5. The fourth-order valence-electron chi connectivity index (χ4n) is 0.672. The van der Waals surface area contributed by atoms with Gasteiger partial charge in [-0.15, -0.1) is 0 Å². The molecule has 0 amide bonds. The second-order valence-electron chi connectivity index (χ2n) is 2.54. The van der Waals surface area contributed by atoms with Crippen LogP contribution in [-0.2, 0) is 0 Å². The van der Waals surface area contributed by atoms with Gasteiger partial charge in [-0.2, -0.15) is 4.39 Å². The fraction of sp³-hybridized carbons (Fsp3) is 0.250. The van der Waals surface area contributed by atoms with Crippen LogP contribution < -0.4 is 5.32 Å². The third kappa shape index (κ3) is 2.65. The van der Waals surface area contributed by atoms with Gasteiger partial charge in [0.15, 0.2) is 0 Å². The van der Waals surface area contributed by atoms with E-state index in [1.165, 1.54) is 12.4 Å². The molecule has 3 nitrogen and oxygen atoms in total. The molecule has 0 unspecified atom stereocenters. The maximum atomic E-state index is 12.5. The van der Waals surface area contributed by atoms with Crippen LogP contribution in [0.1, 0.15) is 6.92 Å². The Balaban J connectivity index is 2.57. The summed E-state index contributed by atoms with van der Waals surface area (Å²) in [6.07, 6.45) is 1.18. The summed E-state index contributed by atoms with van der Waals surface area (Å²) in [7, 11) is 0. The molecule has 64 valence electrons. The van der Waals surface area contributed by atoms with Crippen molar-refractivity contribution in [1.82, 2.24) is 9.97 Å². The standard InChI is InChI=1S/C8H10FN3/c1-6(2)4-10-8-3-7(9)11-5-12-8/h3,5H,1,4H2,2H3,(H,10,11,12). The molecule has 0 aliphatic carbocycles. The summed E-state index contributed by atoms with van der Waals surface area (Å²) in [6, 6.07) is 1.24. The lowest BCUT2D eigenvalue weighted by atomic mass is 10.3. The number of nitrogens with zero attached hydrogens (tertiary/aromatic N) is 2. The van der Waals surface area contributed by atoms with E-state index in [0.29, 0.717) is 12.4 Å². The van der Waals surface area contributed by atoms with Gasteiger partial charge in [0, 0.05) is 12.6 Å². The van der Waals surface area contributed by atoms with Crippen LogP contribution >= 0.6 is 0 Å². The molecule has 0 atom stereocenters. The van der Waals surface area contributed by atoms with Gasteiger partial charge in [0.25, 0.3) is 0 Å². The van der Waals surface area contributed by atoms with Crippen molar-refractivity contribution >= 4 is 5.82 Å². The molecule has 1 heterocycles. The average molecular weight is 167 g/mol. The zero-order chi connectivity index (χ0) is 8.97. The van der Waals surface area contributed by atoms with Crippen LogP contribution in [0.15, 0.2) is 24.5 Å². The first-order chi connectivity index (χ1) is 5.68. The second kappa shape index (κ2) is 3.80. The molecule has 0 radical (unpaired) electrons. The van der Waals surface area contributed by atoms with Crippen LogP contribution in [0.25, 0.3) is 0 Å². The summed E-state index contributed by atoms with van der Waals surface area (Å²) >= 11 is 0. The molecule has 0 aromatic carbocycles. The van der Waals surface area contributed by atoms with Gasteiger partial charge in [-0.3, -0.25) is 0 Å². The summed E-state index contributed by atoms with van der Waals surface area (Å²) in [5.41, 5.74) is 0.967. The quantitative estimate of drug-likeness (QED) is 0.549. The van der Waals surface area contributed by atoms with Crippen molar-refractivity contribution in [2.45, 2.75) is 6.92 Å². The van der Waals surface area contributed by atoms with Crippen LogP contribution in [0.4, 0.5) is 10.2 Å². The van der Waals surface area contributed by atoms with Crippen LogP contribution in [0, 0.1) is 5.95 Å². The summed E-state index contributed by atoms with van der Waals surface area (Å²) in [5.74, 6) is -0.0558. The monoisotopic (exact) mass is 167 g/mol. The molecule has 0 spiro atoms. The largest absolute Gasteiger partial charge is 0.366 e. The van der Waals surface area contributed by atoms with Gasteiger partial charge in [0.2, 0.25) is 5.95 Å². The van der Waals surface area contributed by atoms with E-state index in [-0.39, 0.29) is 0 Å². The van der Waals surface area contributed by atoms with Gasteiger partial charge in [0.1, 0.15) is 12.1 Å². The van der Waals surface area contributed by atoms with Crippen molar-refractivity contribution < 1.29 is 4.39 Å². The van der Waals surface area contributed by atoms with Gasteiger partial charge in [-0.25, -0.2) is 9.97 Å². The predicted octanol–water partition coefficient (Wildman–Crippen LogP) is 1.60. The minimum atomic E-state index is -0.533. The molecule has 0 saturated carbocycles. The molecule has 1 aromatic rings. The molecule has 0 aliphatic rings. The molecule has 0 bridgehead atoms. The zero-order valence-electron chi connectivity index (χ0n) is 6.84. The van der Waals surface area contributed by atoms with Crippen molar-refractivity contribution in [1.29, 1.82) is 0 Å². The van der Waals surface area contributed by atoms with Crippen molar-refractivity contribution in [3.8, 4) is 0 Å². The minimum absolute atomic E-state index is 0.477. The highest BCUT2D eigenvalue weighted by Gasteiger charge is 1.95. The van der Waals surface area contributed by atoms with Gasteiger partial charge in [0.05, 0.1) is 0 Å². The topological polar surface area (TPSA) is 37.8 Å². The van der Waals surface area contributed by atoms with Crippen molar-refractivity contribution in [2.24, 2.45) is 0 Å². The second-order valence-corrected chi connectivity index (χ2v) is 2.54. The van der Waals surface area contributed by atoms with E-state index in [2.05, 4.69) is 21.9 Å². The molecule has 12 heavy (non-hydrogen) atoms. The summed E-state index contributed by atoms with van der Waals surface area (Å²) in [6.45, 7) is 6.17. The first kappa shape index (κ1) is 8.64. The van der Waals surface area contributed by atoms with Crippen molar-refractivity contribution in [2.75, 3.05) is 11.9 Å². The first-order valence-corrected chi connectivity index (χ1v) is 3.54. The Bertz CT molecular complexity index is 285. The Morgan fingerprint density at radius 2 is 2.42 bits per heavy atom. The van der Waals surface area contributed by atoms with Gasteiger partial charge in [-0.1, -0.05) is 12.2 Å². The average Bonchev–Trinajstić information content (AvgIpc) is 2.01. The number of aromatic nitrogens is 2. The SMILES string of the molecule is C=C(C)CNc1cc(F)ncn1. The Hall–Kier alpha value is -1.45. The number of hydrogen-bond donors (Lipinski definition) is 1. The predicted molar refractivity (Wildman–Crippen MR) is 45.3 cm³/mol. The molecule has 0 aliphatic heterocycles. The van der Waals surface area contributed by atoms with Gasteiger partial charge < -0.3 is 5.32 Å². The Kier molecular flexibility index (Phi) is 2.74. The minimum Gasteiger partial charge on any atom is -0.366 e. The Labute approximate surface area is 70.4 Å². The molecule has 0 saturated heterocycles. The summed E-state index contributed by atoms with van der Waals surface area (Å²) in [5, 5.41) is 2.89. The van der Waals surface area contributed by atoms with E-state index in [1.807, 2.05) is 6.92 Å². The number of hydrogen-bond acceptors (Lipinski definition) is 3. The lowest BCUT2D eigenvalue weighted by Crippen LogP contribution is -2.04. The van der Waals surface area contributed by atoms with Crippen LogP contribution in [-0.4, -0.2) is 16.5 Å². The first-order valence-electron chi connectivity index (χ1n) is 3.54. The van der Waals surface area contributed by atoms with E-state index in [9.17, 15) is 4.39 Å². The number of halogens is 1. The molecule has 0 fully saturated rings. The summed E-state index contributed by atoms with van der Waals surface area (Å²) in [4.78, 5) is 7.13. The van der Waals surface area contributed by atoms with Gasteiger partial charge >= 0.3 is 0 Å². The Morgan fingerprint density at radius 3 is 3.00 bits per heavy atom. The van der Waals surface area contributed by atoms with E-state index in [4.69, 9.17) is 0 Å². The number of rotatable bonds is 3. The summed E-state index contributed by atoms with van der Waals surface area (Å²) < 4.78 is 12.5. The highest BCUT2D eigenvalue weighted by atomic mass is 19.1. The van der Waals surface area contributed by atoms with Gasteiger partial charge in [-0.05, 0) is 6.92 Å². The lowest BCUT2D eigenvalue weighted by molar-refractivity contribution is 0.580. The highest BCUT2D eigenvalue weighted by molar-refractivity contribution is 5.33. The lowest BCUT2D eigenvalue weighted by Gasteiger charge is -2.03. The van der Waals surface area contributed by atoms with E-state index < -0.39 is 5.95 Å². The molecular formula is C8H10FN3. The molecule has 1 rings (SSSR count). The third-order valence-electron chi connectivity index (χ3n) is 1.20. The van der Waals surface area contributed by atoms with E-state index in [1.54, 1.807) is 0 Å². The highest BCUT2D eigenvalue weighted by Crippen LogP contribution is 2.02. The van der Waals surface area contributed by atoms with Crippen LogP contribution in [0.2, 0.25) is 0 Å². The van der Waals surface area contributed by atoms with E-state index in [0.717, 1.165) is 5.57 Å². The molecule has 4 heteroatoms. The smallest absolute Gasteiger partial charge is 0.217 e. The number of anilines is 1. The normalized spacial score (nSPS) is 9.50. The third-order valence-corrected chi connectivity index (χ3v) is 1.20. The van der Waals surface area contributed by atoms with Crippen LogP contribution in [0.5, 0.6) is 0 Å². The Morgan fingerprint density at radius 1 is 1.67 bits per heavy atom. The van der Waals surface area contributed by atoms with Crippen molar-refractivity contribution in [3.63, 3.8) is 0 Å². The van der Waals surface area contributed by atoms with Crippen molar-refractivity contribution in [3.05, 3.63) is 30.5 Å². The molecule has 1 N–H and O–H groups in total. The maximum Gasteiger partial charge on any atom is 0.217 e. The molecule has 1 aromatic heterocycles. The van der Waals surface area contributed by atoms with E-state index >= 15 is 0 Å². The molecular weight excluding hydrogens is 157 g/mol. The number of nitrogens with one attached hydrogen (secondary N) is 1. The fourth-order valence-corrected chi connectivity index (χ4v) is 0.672. The zero-order valence-corrected chi connectivity index (χ0v) is 6.84. The van der Waals surface area contributed by atoms with Crippen LogP contribution in [0.3, 0.4) is 0 Å².